The van der Waals surface area contributed by atoms with Gasteiger partial charge in [-0.25, -0.2) is 0 Å². The third kappa shape index (κ3) is 2.70. The number of ketones is 1. The minimum Gasteiger partial charge on any atom is -0.375 e. The number of carbonyl (C=O) groups excluding carboxylic acids is 2. The molecular formula is C16H11BrN2O5. The number of non-ortho nitro benzene ring substituents is 1. The van der Waals surface area contributed by atoms with Crippen molar-refractivity contribution in [2.45, 2.75) is 12.0 Å². The maximum atomic E-state index is 12.4. The van der Waals surface area contributed by atoms with Crippen LogP contribution < -0.4 is 5.32 Å². The molecular weight excluding hydrogens is 380 g/mol. The molecule has 24 heavy (non-hydrogen) atoms. The lowest BCUT2D eigenvalue weighted by Gasteiger charge is -2.20. The smallest absolute Gasteiger partial charge is 0.270 e. The van der Waals surface area contributed by atoms with Gasteiger partial charge in [-0.1, -0.05) is 28.1 Å². The highest BCUT2D eigenvalue weighted by Gasteiger charge is 2.46. The number of nitrogens with one attached hydrogen (secondary N) is 1. The number of carbonyl (C=O) groups is 2. The molecule has 0 bridgehead atoms. The summed E-state index contributed by atoms with van der Waals surface area (Å²) in [6, 6.07) is 10.1. The molecule has 1 atom stereocenters. The van der Waals surface area contributed by atoms with Crippen LogP contribution in [-0.2, 0) is 10.4 Å². The zero-order valence-corrected chi connectivity index (χ0v) is 13.7. The molecule has 7 nitrogen and oxygen atoms in total. The lowest BCUT2D eigenvalue weighted by Crippen LogP contribution is -2.36. The van der Waals surface area contributed by atoms with Gasteiger partial charge in [-0.3, -0.25) is 19.7 Å². The van der Waals surface area contributed by atoms with Gasteiger partial charge in [-0.05, 0) is 18.2 Å². The van der Waals surface area contributed by atoms with Gasteiger partial charge in [0, 0.05) is 33.4 Å². The Bertz CT molecular complexity index is 883. The van der Waals surface area contributed by atoms with Gasteiger partial charge in [-0.2, -0.15) is 0 Å². The van der Waals surface area contributed by atoms with Gasteiger partial charge >= 0.3 is 0 Å². The molecule has 1 aliphatic rings. The summed E-state index contributed by atoms with van der Waals surface area (Å²) in [7, 11) is 0. The number of benzene rings is 2. The summed E-state index contributed by atoms with van der Waals surface area (Å²) < 4.78 is 0.652. The average molecular weight is 391 g/mol. The van der Waals surface area contributed by atoms with Crippen molar-refractivity contribution in [3.05, 3.63) is 68.2 Å². The summed E-state index contributed by atoms with van der Waals surface area (Å²) in [5.74, 6) is -1.27. The van der Waals surface area contributed by atoms with Crippen molar-refractivity contribution in [1.82, 2.24) is 0 Å². The molecule has 2 aromatic carbocycles. The van der Waals surface area contributed by atoms with E-state index in [9.17, 15) is 24.8 Å². The third-order valence-electron chi connectivity index (χ3n) is 3.85. The molecule has 0 aromatic heterocycles. The van der Waals surface area contributed by atoms with Crippen molar-refractivity contribution in [3.8, 4) is 0 Å². The Morgan fingerprint density at radius 3 is 2.75 bits per heavy atom. The Kier molecular flexibility index (Phi) is 3.94. The van der Waals surface area contributed by atoms with E-state index in [0.29, 0.717) is 15.7 Å². The largest absolute Gasteiger partial charge is 0.375 e. The fourth-order valence-corrected chi connectivity index (χ4v) is 2.98. The Labute approximate surface area is 144 Å². The molecule has 1 heterocycles. The molecule has 0 unspecified atom stereocenters. The first-order valence-corrected chi connectivity index (χ1v) is 7.72. The van der Waals surface area contributed by atoms with Gasteiger partial charge in [0.2, 0.25) is 0 Å². The fraction of sp³-hybridized carbons (Fsp3) is 0.125. The summed E-state index contributed by atoms with van der Waals surface area (Å²) in [6.45, 7) is 0. The number of nitro groups is 1. The van der Waals surface area contributed by atoms with Crippen molar-refractivity contribution >= 4 is 39.0 Å². The number of Topliss-reactive ketones (excluding diaryl/α,β-unsaturated/α-hetero) is 1. The van der Waals surface area contributed by atoms with E-state index in [0.717, 1.165) is 6.07 Å². The van der Waals surface area contributed by atoms with Gasteiger partial charge in [0.05, 0.1) is 11.3 Å². The molecule has 1 amide bonds. The number of rotatable bonds is 4. The molecule has 0 aliphatic carbocycles. The van der Waals surface area contributed by atoms with Gasteiger partial charge in [-0.15, -0.1) is 0 Å². The Hall–Kier alpha value is -2.58. The van der Waals surface area contributed by atoms with Crippen molar-refractivity contribution < 1.29 is 19.6 Å². The number of aliphatic hydroxyl groups is 1. The van der Waals surface area contributed by atoms with E-state index in [1.54, 1.807) is 18.2 Å². The van der Waals surface area contributed by atoms with Crippen LogP contribution in [0.4, 0.5) is 11.4 Å². The molecule has 3 rings (SSSR count). The summed E-state index contributed by atoms with van der Waals surface area (Å²) in [5.41, 5.74) is -1.46. The second-order valence-corrected chi connectivity index (χ2v) is 6.33. The Morgan fingerprint density at radius 2 is 2.04 bits per heavy atom. The van der Waals surface area contributed by atoms with Gasteiger partial charge in [0.25, 0.3) is 11.6 Å². The highest BCUT2D eigenvalue weighted by Crippen LogP contribution is 2.40. The van der Waals surface area contributed by atoms with Crippen LogP contribution in [0.2, 0.25) is 0 Å². The van der Waals surface area contributed by atoms with Crippen LogP contribution in [0.5, 0.6) is 0 Å². The van der Waals surface area contributed by atoms with Crippen molar-refractivity contribution in [2.75, 3.05) is 5.32 Å². The normalized spacial score (nSPS) is 18.8. The number of fused-ring (bicyclic) bond motifs is 1. The number of hydrogen-bond acceptors (Lipinski definition) is 5. The molecule has 0 saturated carbocycles. The molecule has 2 aromatic rings. The van der Waals surface area contributed by atoms with Crippen LogP contribution in [0.3, 0.4) is 0 Å². The monoisotopic (exact) mass is 390 g/mol. The zero-order chi connectivity index (χ0) is 17.5. The maximum absolute atomic E-state index is 12.4. The lowest BCUT2D eigenvalue weighted by molar-refractivity contribution is -0.384. The first-order valence-electron chi connectivity index (χ1n) is 6.93. The minimum atomic E-state index is -2.01. The Morgan fingerprint density at radius 1 is 1.29 bits per heavy atom. The first-order chi connectivity index (χ1) is 11.3. The van der Waals surface area contributed by atoms with Crippen molar-refractivity contribution in [3.63, 3.8) is 0 Å². The first kappa shape index (κ1) is 16.3. The molecule has 122 valence electrons. The summed E-state index contributed by atoms with van der Waals surface area (Å²) in [4.78, 5) is 34.8. The highest BCUT2D eigenvalue weighted by atomic mass is 79.9. The molecule has 0 radical (unpaired) electrons. The average Bonchev–Trinajstić information content (AvgIpc) is 2.79. The number of nitro benzene ring substituents is 1. The SMILES string of the molecule is O=C(C[C@]1(O)C(=O)Nc2ccc(Br)cc21)c1cccc([N+](=O)[O-])c1. The zero-order valence-electron chi connectivity index (χ0n) is 12.2. The van der Waals surface area contributed by atoms with Crippen molar-refractivity contribution in [1.29, 1.82) is 0 Å². The predicted molar refractivity (Wildman–Crippen MR) is 88.7 cm³/mol. The predicted octanol–water partition coefficient (Wildman–Crippen LogP) is 2.77. The van der Waals surface area contributed by atoms with Crippen LogP contribution in [0, 0.1) is 10.1 Å². The second kappa shape index (κ2) is 5.81. The number of amides is 1. The number of halogens is 1. The van der Waals surface area contributed by atoms with Crippen LogP contribution in [0.1, 0.15) is 22.3 Å². The summed E-state index contributed by atoms with van der Waals surface area (Å²) >= 11 is 3.26. The summed E-state index contributed by atoms with van der Waals surface area (Å²) in [5, 5.41) is 24.1. The van der Waals surface area contributed by atoms with Gasteiger partial charge in [0.1, 0.15) is 0 Å². The number of hydrogen-bond donors (Lipinski definition) is 2. The number of nitrogens with zero attached hydrogens (tertiary/aromatic N) is 1. The van der Waals surface area contributed by atoms with Crippen LogP contribution in [0.25, 0.3) is 0 Å². The van der Waals surface area contributed by atoms with E-state index in [-0.39, 0.29) is 11.3 Å². The van der Waals surface area contributed by atoms with Crippen LogP contribution >= 0.6 is 15.9 Å². The summed E-state index contributed by atoms with van der Waals surface area (Å²) in [6.07, 6.45) is -0.510. The van der Waals surface area contributed by atoms with Crippen LogP contribution in [-0.4, -0.2) is 21.7 Å². The minimum absolute atomic E-state index is 0.0638. The van der Waals surface area contributed by atoms with E-state index in [1.807, 2.05) is 0 Å². The number of anilines is 1. The Balaban J connectivity index is 1.95. The van der Waals surface area contributed by atoms with Crippen molar-refractivity contribution in [2.24, 2.45) is 0 Å². The van der Waals surface area contributed by atoms with Gasteiger partial charge < -0.3 is 10.4 Å². The molecule has 0 saturated heterocycles. The maximum Gasteiger partial charge on any atom is 0.270 e. The van der Waals surface area contributed by atoms with E-state index in [1.165, 1.54) is 18.2 Å². The topological polar surface area (TPSA) is 110 Å². The highest BCUT2D eigenvalue weighted by molar-refractivity contribution is 9.10. The van der Waals surface area contributed by atoms with E-state index >= 15 is 0 Å². The molecule has 2 N–H and O–H groups in total. The standard InChI is InChI=1S/C16H11BrN2O5/c17-10-4-5-13-12(7-10)16(22,15(21)18-13)8-14(20)9-2-1-3-11(6-9)19(23)24/h1-7,22H,8H2,(H,18,21)/t16-/m1/s1. The van der Waals surface area contributed by atoms with E-state index in [4.69, 9.17) is 0 Å². The van der Waals surface area contributed by atoms with Crippen LogP contribution in [0.15, 0.2) is 46.9 Å². The van der Waals surface area contributed by atoms with E-state index in [2.05, 4.69) is 21.2 Å². The van der Waals surface area contributed by atoms with E-state index < -0.39 is 28.6 Å². The molecule has 8 heteroatoms. The molecule has 1 aliphatic heterocycles. The molecule has 0 fully saturated rings. The lowest BCUT2D eigenvalue weighted by atomic mass is 9.88. The third-order valence-corrected chi connectivity index (χ3v) is 4.34. The fourth-order valence-electron chi connectivity index (χ4n) is 2.62. The van der Waals surface area contributed by atoms with Gasteiger partial charge in [0.15, 0.2) is 11.4 Å². The quantitative estimate of drug-likeness (QED) is 0.473. The second-order valence-electron chi connectivity index (χ2n) is 5.41. The molecule has 0 spiro atoms.